The predicted octanol–water partition coefficient (Wildman–Crippen LogP) is 1.42. The first-order valence-corrected chi connectivity index (χ1v) is 7.22. The normalized spacial score (nSPS) is 20.7. The number of hydrogen-bond donors (Lipinski definition) is 0. The van der Waals surface area contributed by atoms with Crippen molar-refractivity contribution in [3.63, 3.8) is 0 Å². The van der Waals surface area contributed by atoms with E-state index in [9.17, 15) is 14.4 Å². The second-order valence-electron chi connectivity index (χ2n) is 5.79. The second kappa shape index (κ2) is 5.91. The summed E-state index contributed by atoms with van der Waals surface area (Å²) in [7, 11) is 1.25. The molecule has 122 valence electrons. The maximum absolute atomic E-state index is 12.7. The van der Waals surface area contributed by atoms with E-state index in [4.69, 9.17) is 4.74 Å². The van der Waals surface area contributed by atoms with E-state index in [1.54, 1.807) is 13.0 Å². The minimum absolute atomic E-state index is 0.0831. The number of esters is 1. The molecule has 1 atom stereocenters. The molecule has 0 radical (unpaired) electrons. The van der Waals surface area contributed by atoms with Crippen LogP contribution in [0.1, 0.15) is 43.7 Å². The zero-order valence-corrected chi connectivity index (χ0v) is 13.8. The van der Waals surface area contributed by atoms with Gasteiger partial charge >= 0.3 is 5.97 Å². The molecule has 1 aliphatic heterocycles. The minimum atomic E-state index is -1.08. The van der Waals surface area contributed by atoms with Gasteiger partial charge in [0.05, 0.1) is 12.7 Å². The Morgan fingerprint density at radius 3 is 2.52 bits per heavy atom. The summed E-state index contributed by atoms with van der Waals surface area (Å²) in [6.07, 6.45) is 1.47. The number of aromatic nitrogens is 1. The van der Waals surface area contributed by atoms with Crippen LogP contribution in [0.15, 0.2) is 23.3 Å². The molecule has 0 saturated heterocycles. The van der Waals surface area contributed by atoms with E-state index >= 15 is 0 Å². The number of imide groups is 1. The first kappa shape index (κ1) is 16.8. The van der Waals surface area contributed by atoms with Gasteiger partial charge in [-0.3, -0.25) is 14.6 Å². The highest BCUT2D eigenvalue weighted by molar-refractivity contribution is 6.25. The maximum atomic E-state index is 12.7. The lowest BCUT2D eigenvalue weighted by Gasteiger charge is -2.24. The Balaban J connectivity index is 2.67. The van der Waals surface area contributed by atoms with Gasteiger partial charge in [0.15, 0.2) is 5.84 Å². The Morgan fingerprint density at radius 1 is 1.35 bits per heavy atom. The molecule has 2 amide bonds. The minimum Gasteiger partial charge on any atom is -0.465 e. The van der Waals surface area contributed by atoms with E-state index in [0.717, 1.165) is 4.90 Å². The molecule has 7 nitrogen and oxygen atoms in total. The third-order valence-electron chi connectivity index (χ3n) is 4.05. The van der Waals surface area contributed by atoms with Crippen LogP contribution in [-0.4, -0.2) is 46.2 Å². The maximum Gasteiger partial charge on any atom is 0.340 e. The molecule has 0 saturated carbocycles. The van der Waals surface area contributed by atoms with Crippen LogP contribution in [0.5, 0.6) is 0 Å². The van der Waals surface area contributed by atoms with Gasteiger partial charge in [-0.15, -0.1) is 0 Å². The third-order valence-corrected chi connectivity index (χ3v) is 4.05. The van der Waals surface area contributed by atoms with E-state index in [1.165, 1.54) is 26.3 Å². The fourth-order valence-corrected chi connectivity index (χ4v) is 2.33. The molecule has 1 aromatic rings. The number of nitrogens with zero attached hydrogens (tertiary/aromatic N) is 3. The van der Waals surface area contributed by atoms with Gasteiger partial charge in [0.2, 0.25) is 5.91 Å². The van der Waals surface area contributed by atoms with Crippen LogP contribution in [0.2, 0.25) is 0 Å². The Hall–Kier alpha value is -2.57. The van der Waals surface area contributed by atoms with Crippen molar-refractivity contribution in [1.29, 1.82) is 0 Å². The average molecular weight is 317 g/mol. The van der Waals surface area contributed by atoms with Crippen molar-refractivity contribution in [3.8, 4) is 0 Å². The molecule has 0 N–H and O–H groups in total. The van der Waals surface area contributed by atoms with Crippen LogP contribution in [0, 0.1) is 5.92 Å². The molecule has 23 heavy (non-hydrogen) atoms. The molecule has 7 heteroatoms. The number of hydrogen-bond acceptors (Lipinski definition) is 6. The van der Waals surface area contributed by atoms with Crippen molar-refractivity contribution in [2.45, 2.75) is 33.2 Å². The lowest BCUT2D eigenvalue weighted by molar-refractivity contribution is -0.140. The first-order valence-electron chi connectivity index (χ1n) is 7.22. The van der Waals surface area contributed by atoms with Gasteiger partial charge in [-0.2, -0.15) is 0 Å². The first-order chi connectivity index (χ1) is 10.7. The third kappa shape index (κ3) is 2.62. The van der Waals surface area contributed by atoms with Gasteiger partial charge < -0.3 is 4.74 Å². The number of amidine groups is 1. The molecule has 1 aromatic heterocycles. The van der Waals surface area contributed by atoms with Gasteiger partial charge in [0.25, 0.3) is 5.91 Å². The Kier molecular flexibility index (Phi) is 4.31. The van der Waals surface area contributed by atoms with E-state index in [1.807, 2.05) is 13.8 Å². The summed E-state index contributed by atoms with van der Waals surface area (Å²) in [5.74, 6) is -1.54. The summed E-state index contributed by atoms with van der Waals surface area (Å²) in [4.78, 5) is 46.2. The van der Waals surface area contributed by atoms with Gasteiger partial charge in [0, 0.05) is 13.1 Å². The highest BCUT2D eigenvalue weighted by atomic mass is 16.5. The summed E-state index contributed by atoms with van der Waals surface area (Å²) in [6, 6.07) is 3.09. The van der Waals surface area contributed by atoms with E-state index in [0.29, 0.717) is 0 Å². The molecule has 2 heterocycles. The van der Waals surface area contributed by atoms with Crippen LogP contribution in [-0.2, 0) is 14.3 Å². The number of aliphatic imine (C=N–C) groups is 1. The van der Waals surface area contributed by atoms with Crippen LogP contribution >= 0.6 is 0 Å². The number of ether oxygens (including phenoxy) is 1. The van der Waals surface area contributed by atoms with E-state index in [2.05, 4.69) is 9.98 Å². The molecule has 2 rings (SSSR count). The number of carbonyl (C=O) groups is 3. The molecule has 0 aromatic carbocycles. The van der Waals surface area contributed by atoms with Crippen molar-refractivity contribution in [2.24, 2.45) is 10.9 Å². The van der Waals surface area contributed by atoms with E-state index in [-0.39, 0.29) is 23.0 Å². The molecule has 1 aliphatic rings. The molecule has 0 aliphatic carbocycles. The Labute approximate surface area is 134 Å². The lowest BCUT2D eigenvalue weighted by Crippen LogP contribution is -2.46. The number of rotatable bonds is 3. The summed E-state index contributed by atoms with van der Waals surface area (Å²) < 4.78 is 4.74. The zero-order valence-electron chi connectivity index (χ0n) is 13.8. The summed E-state index contributed by atoms with van der Waals surface area (Å²) in [5, 5.41) is 0. The molecular formula is C16H19N3O4. The van der Waals surface area contributed by atoms with Crippen molar-refractivity contribution in [1.82, 2.24) is 9.88 Å². The zero-order chi connectivity index (χ0) is 17.4. The van der Waals surface area contributed by atoms with Crippen molar-refractivity contribution >= 4 is 23.6 Å². The molecule has 0 spiro atoms. The van der Waals surface area contributed by atoms with Gasteiger partial charge in [0.1, 0.15) is 11.2 Å². The molecule has 0 bridgehead atoms. The molecule has 1 unspecified atom stereocenters. The number of methoxy groups -OCH3 is 1. The van der Waals surface area contributed by atoms with Crippen LogP contribution in [0.3, 0.4) is 0 Å². The Morgan fingerprint density at radius 2 is 2.00 bits per heavy atom. The van der Waals surface area contributed by atoms with Crippen LogP contribution in [0.25, 0.3) is 0 Å². The summed E-state index contributed by atoms with van der Waals surface area (Å²) >= 11 is 0. The largest absolute Gasteiger partial charge is 0.465 e. The van der Waals surface area contributed by atoms with Crippen molar-refractivity contribution < 1.29 is 19.1 Å². The van der Waals surface area contributed by atoms with Gasteiger partial charge in [-0.05, 0) is 25.0 Å². The van der Waals surface area contributed by atoms with Crippen molar-refractivity contribution in [2.75, 3.05) is 7.11 Å². The lowest BCUT2D eigenvalue weighted by atomic mass is 9.89. The smallest absolute Gasteiger partial charge is 0.340 e. The van der Waals surface area contributed by atoms with Gasteiger partial charge in [-0.1, -0.05) is 13.8 Å². The average Bonchev–Trinajstić information content (AvgIpc) is 2.79. The molecule has 0 fully saturated rings. The van der Waals surface area contributed by atoms with E-state index < -0.39 is 23.3 Å². The van der Waals surface area contributed by atoms with Crippen LogP contribution in [0.4, 0.5) is 0 Å². The van der Waals surface area contributed by atoms with Crippen LogP contribution < -0.4 is 0 Å². The fraction of sp³-hybridized carbons (Fsp3) is 0.438. The predicted molar refractivity (Wildman–Crippen MR) is 82.9 cm³/mol. The van der Waals surface area contributed by atoms with Gasteiger partial charge in [-0.25, -0.2) is 14.7 Å². The Bertz CT molecular complexity index is 711. The highest BCUT2D eigenvalue weighted by Gasteiger charge is 2.49. The topological polar surface area (TPSA) is 88.9 Å². The highest BCUT2D eigenvalue weighted by Crippen LogP contribution is 2.32. The van der Waals surface area contributed by atoms with Crippen molar-refractivity contribution in [3.05, 3.63) is 29.6 Å². The number of amides is 2. The fourth-order valence-electron chi connectivity index (χ4n) is 2.33. The number of carbonyl (C=O) groups excluding carboxylic acids is 3. The SMILES string of the molecule is COC(=O)c1cccnc1C1=NC(C)(C(C)C)C(=O)N1C(C)=O. The quantitative estimate of drug-likeness (QED) is 0.787. The second-order valence-corrected chi connectivity index (χ2v) is 5.79. The summed E-state index contributed by atoms with van der Waals surface area (Å²) in [5.41, 5.74) is -0.764. The number of pyridine rings is 1. The standard InChI is InChI=1S/C16H19N3O4/c1-9(2)16(4)15(22)19(10(3)20)13(18-16)12-11(14(21)23-5)7-6-8-17-12/h6-9H,1-5H3. The monoisotopic (exact) mass is 317 g/mol. The molecular weight excluding hydrogens is 298 g/mol. The summed E-state index contributed by atoms with van der Waals surface area (Å²) in [6.45, 7) is 6.65.